The van der Waals surface area contributed by atoms with Crippen molar-refractivity contribution in [3.63, 3.8) is 0 Å². The molecule has 32 heavy (non-hydrogen) atoms. The Morgan fingerprint density at radius 2 is 1.78 bits per heavy atom. The lowest BCUT2D eigenvalue weighted by molar-refractivity contribution is -0.137. The van der Waals surface area contributed by atoms with Gasteiger partial charge in [-0.15, -0.1) is 0 Å². The van der Waals surface area contributed by atoms with Crippen LogP contribution in [0.15, 0.2) is 59.5 Å². The molecule has 0 unspecified atom stereocenters. The van der Waals surface area contributed by atoms with E-state index in [-0.39, 0.29) is 11.4 Å². The van der Waals surface area contributed by atoms with Gasteiger partial charge in [-0.3, -0.25) is 9.59 Å². The van der Waals surface area contributed by atoms with Gasteiger partial charge in [-0.1, -0.05) is 30.3 Å². The maximum Gasteiger partial charge on any atom is 0.319 e. The number of hydrogen-bond donors (Lipinski definition) is 4. The number of amides is 2. The standard InChI is InChI=1S/C23H22FN3O5/c1-13-12-27(2)22(31)20(21(13)30)26-23(32)25-18(11-19(28)29)16-7-3-5-14(9-16)15-6-4-8-17(24)10-15/h3-10,12,18,30H,11H2,1-2H3,(H,28,29)(H2,25,26,32)/t18-/m0/s1. The number of aliphatic carboxylic acids is 1. The first kappa shape index (κ1) is 22.5. The second kappa shape index (κ2) is 9.34. The van der Waals surface area contributed by atoms with Crippen molar-refractivity contribution in [2.45, 2.75) is 19.4 Å². The SMILES string of the molecule is Cc1cn(C)c(=O)c(NC(=O)N[C@@H](CC(=O)O)c2cccc(-c3cccc(F)c3)c2)c1O. The van der Waals surface area contributed by atoms with E-state index in [1.807, 2.05) is 0 Å². The van der Waals surface area contributed by atoms with E-state index in [1.54, 1.807) is 43.3 Å². The zero-order valence-electron chi connectivity index (χ0n) is 17.4. The van der Waals surface area contributed by atoms with Crippen molar-refractivity contribution < 1.29 is 24.2 Å². The predicted octanol–water partition coefficient (Wildman–Crippen LogP) is 3.54. The second-order valence-electron chi connectivity index (χ2n) is 7.34. The minimum absolute atomic E-state index is 0.312. The van der Waals surface area contributed by atoms with Gasteiger partial charge >= 0.3 is 12.0 Å². The van der Waals surface area contributed by atoms with Gasteiger partial charge in [-0.2, -0.15) is 0 Å². The number of carboxylic acid groups (broad SMARTS) is 1. The molecule has 0 bridgehead atoms. The number of rotatable bonds is 6. The Morgan fingerprint density at radius 3 is 2.44 bits per heavy atom. The van der Waals surface area contributed by atoms with Gasteiger partial charge in [0.1, 0.15) is 11.6 Å². The Labute approximate surface area is 183 Å². The zero-order chi connectivity index (χ0) is 23.4. The lowest BCUT2D eigenvalue weighted by Gasteiger charge is -2.19. The molecule has 166 valence electrons. The van der Waals surface area contributed by atoms with Crippen LogP contribution in [0.4, 0.5) is 14.9 Å². The monoisotopic (exact) mass is 439 g/mol. The average molecular weight is 439 g/mol. The molecule has 0 saturated heterocycles. The van der Waals surface area contributed by atoms with Gasteiger partial charge in [0.05, 0.1) is 12.5 Å². The van der Waals surface area contributed by atoms with Crippen LogP contribution in [0.25, 0.3) is 11.1 Å². The third-order valence-electron chi connectivity index (χ3n) is 4.90. The molecule has 2 aromatic carbocycles. The predicted molar refractivity (Wildman–Crippen MR) is 117 cm³/mol. The minimum atomic E-state index is -1.15. The Hall–Kier alpha value is -4.14. The van der Waals surface area contributed by atoms with Crippen molar-refractivity contribution in [1.82, 2.24) is 9.88 Å². The van der Waals surface area contributed by atoms with E-state index >= 15 is 0 Å². The van der Waals surface area contributed by atoms with Gasteiger partial charge in [0.2, 0.25) is 0 Å². The summed E-state index contributed by atoms with van der Waals surface area (Å²) < 4.78 is 14.8. The molecular formula is C23H22FN3O5. The largest absolute Gasteiger partial charge is 0.505 e. The van der Waals surface area contributed by atoms with Crippen LogP contribution in [0.5, 0.6) is 5.75 Å². The first-order chi connectivity index (χ1) is 15.2. The number of carbonyl (C=O) groups is 2. The quantitative estimate of drug-likeness (QED) is 0.468. The second-order valence-corrected chi connectivity index (χ2v) is 7.34. The number of carboxylic acids is 1. The minimum Gasteiger partial charge on any atom is -0.505 e. The molecule has 1 atom stereocenters. The molecule has 8 nitrogen and oxygen atoms in total. The Balaban J connectivity index is 1.88. The first-order valence-electron chi connectivity index (χ1n) is 9.70. The number of aromatic nitrogens is 1. The van der Waals surface area contributed by atoms with Crippen molar-refractivity contribution in [2.75, 3.05) is 5.32 Å². The summed E-state index contributed by atoms with van der Waals surface area (Å²) >= 11 is 0. The van der Waals surface area contributed by atoms with E-state index in [0.29, 0.717) is 22.3 Å². The van der Waals surface area contributed by atoms with Gasteiger partial charge in [0.15, 0.2) is 5.69 Å². The Bertz CT molecular complexity index is 1240. The van der Waals surface area contributed by atoms with Crippen LogP contribution in [-0.2, 0) is 11.8 Å². The molecule has 9 heteroatoms. The highest BCUT2D eigenvalue weighted by atomic mass is 19.1. The van der Waals surface area contributed by atoms with E-state index in [0.717, 1.165) is 0 Å². The van der Waals surface area contributed by atoms with Crippen molar-refractivity contribution in [2.24, 2.45) is 7.05 Å². The average Bonchev–Trinajstić information content (AvgIpc) is 2.75. The fourth-order valence-corrected chi connectivity index (χ4v) is 3.34. The topological polar surface area (TPSA) is 121 Å². The highest BCUT2D eigenvalue weighted by Gasteiger charge is 2.21. The number of urea groups is 1. The van der Waals surface area contributed by atoms with Gasteiger partial charge in [0.25, 0.3) is 5.56 Å². The Morgan fingerprint density at radius 1 is 1.12 bits per heavy atom. The van der Waals surface area contributed by atoms with Crippen molar-refractivity contribution >= 4 is 17.7 Å². The van der Waals surface area contributed by atoms with Gasteiger partial charge < -0.3 is 25.4 Å². The first-order valence-corrected chi connectivity index (χ1v) is 9.70. The number of aromatic hydroxyl groups is 1. The molecule has 0 radical (unpaired) electrons. The molecular weight excluding hydrogens is 417 g/mol. The van der Waals surface area contributed by atoms with Crippen molar-refractivity contribution in [3.8, 4) is 16.9 Å². The van der Waals surface area contributed by atoms with E-state index in [1.165, 1.54) is 29.9 Å². The molecule has 0 saturated carbocycles. The molecule has 4 N–H and O–H groups in total. The van der Waals surface area contributed by atoms with Gasteiger partial charge in [-0.25, -0.2) is 9.18 Å². The molecule has 3 aromatic rings. The molecule has 0 aliphatic rings. The van der Waals surface area contributed by atoms with Crippen molar-refractivity contribution in [3.05, 3.63) is 82.0 Å². The summed E-state index contributed by atoms with van der Waals surface area (Å²) in [5.74, 6) is -1.93. The molecule has 3 rings (SSSR count). The molecule has 1 heterocycles. The van der Waals surface area contributed by atoms with Crippen molar-refractivity contribution in [1.29, 1.82) is 0 Å². The molecule has 0 aliphatic carbocycles. The van der Waals surface area contributed by atoms with E-state index < -0.39 is 35.8 Å². The van der Waals surface area contributed by atoms with E-state index in [9.17, 15) is 29.0 Å². The van der Waals surface area contributed by atoms with Gasteiger partial charge in [0, 0.05) is 18.8 Å². The molecule has 0 fully saturated rings. The molecule has 1 aromatic heterocycles. The normalized spacial score (nSPS) is 11.6. The summed E-state index contributed by atoms with van der Waals surface area (Å²) in [6.07, 6.45) is 0.990. The summed E-state index contributed by atoms with van der Waals surface area (Å²) in [4.78, 5) is 36.3. The molecule has 0 spiro atoms. The van der Waals surface area contributed by atoms with Crippen LogP contribution in [0, 0.1) is 12.7 Å². The van der Waals surface area contributed by atoms with E-state index in [4.69, 9.17) is 0 Å². The lowest BCUT2D eigenvalue weighted by Crippen LogP contribution is -2.36. The van der Waals surface area contributed by atoms with Crippen LogP contribution in [0.1, 0.15) is 23.6 Å². The summed E-state index contributed by atoms with van der Waals surface area (Å²) in [5.41, 5.74) is 1.17. The van der Waals surface area contributed by atoms with Crippen LogP contribution >= 0.6 is 0 Å². The van der Waals surface area contributed by atoms with Crippen LogP contribution < -0.4 is 16.2 Å². The number of aryl methyl sites for hydroxylation is 2. The number of hydrogen-bond acceptors (Lipinski definition) is 4. The number of benzene rings is 2. The molecule has 0 aliphatic heterocycles. The van der Waals surface area contributed by atoms with E-state index in [2.05, 4.69) is 10.6 Å². The number of anilines is 1. The number of halogens is 1. The highest BCUT2D eigenvalue weighted by molar-refractivity contribution is 5.91. The maximum atomic E-state index is 13.6. The summed E-state index contributed by atoms with van der Waals surface area (Å²) in [5, 5.41) is 24.3. The molecule has 2 amide bonds. The van der Waals surface area contributed by atoms with Crippen LogP contribution in [-0.4, -0.2) is 26.8 Å². The summed E-state index contributed by atoms with van der Waals surface area (Å²) in [6.45, 7) is 1.57. The lowest BCUT2D eigenvalue weighted by atomic mass is 9.98. The third-order valence-corrected chi connectivity index (χ3v) is 4.90. The number of nitrogens with zero attached hydrogens (tertiary/aromatic N) is 1. The summed E-state index contributed by atoms with van der Waals surface area (Å²) in [7, 11) is 1.48. The smallest absolute Gasteiger partial charge is 0.319 e. The van der Waals surface area contributed by atoms with Crippen LogP contribution in [0.2, 0.25) is 0 Å². The summed E-state index contributed by atoms with van der Waals surface area (Å²) in [6, 6.07) is 10.8. The number of nitrogens with one attached hydrogen (secondary N) is 2. The number of carbonyl (C=O) groups excluding carboxylic acids is 1. The fraction of sp³-hybridized carbons (Fsp3) is 0.174. The highest BCUT2D eigenvalue weighted by Crippen LogP contribution is 2.26. The Kier molecular flexibility index (Phi) is 6.58. The zero-order valence-corrected chi connectivity index (χ0v) is 17.4. The third kappa shape index (κ3) is 5.12. The number of pyridine rings is 1. The maximum absolute atomic E-state index is 13.6. The van der Waals surface area contributed by atoms with Gasteiger partial charge in [-0.05, 0) is 41.8 Å². The van der Waals surface area contributed by atoms with Crippen LogP contribution in [0.3, 0.4) is 0 Å². The fourth-order valence-electron chi connectivity index (χ4n) is 3.34.